The molecule has 0 aromatic carbocycles. The molecule has 1 aliphatic heterocycles. The van der Waals surface area contributed by atoms with E-state index in [4.69, 9.17) is 16.2 Å². The number of likely N-dealkylation sites (N-methyl/N-ethyl adjacent to an activating group) is 1. The molecule has 0 radical (unpaired) electrons. The molecular formula is C18H28N4O2. The summed E-state index contributed by atoms with van der Waals surface area (Å²) < 4.78 is 6.02. The van der Waals surface area contributed by atoms with Crippen LogP contribution in [-0.4, -0.2) is 48.1 Å². The second-order valence-electron chi connectivity index (χ2n) is 7.20. The van der Waals surface area contributed by atoms with E-state index in [1.807, 2.05) is 24.3 Å². The van der Waals surface area contributed by atoms with E-state index in [0.717, 1.165) is 12.8 Å². The van der Waals surface area contributed by atoms with Crippen LogP contribution in [0.1, 0.15) is 38.5 Å². The number of ether oxygens (including phenoxy) is 1. The zero-order valence-electron chi connectivity index (χ0n) is 14.4. The molecule has 3 unspecified atom stereocenters. The Morgan fingerprint density at radius 1 is 1.29 bits per heavy atom. The molecule has 4 N–H and O–H groups in total. The van der Waals surface area contributed by atoms with E-state index in [-0.39, 0.29) is 30.6 Å². The summed E-state index contributed by atoms with van der Waals surface area (Å²) in [4.78, 5) is 18.8. The van der Waals surface area contributed by atoms with Crippen molar-refractivity contribution in [3.05, 3.63) is 24.3 Å². The van der Waals surface area contributed by atoms with Crippen LogP contribution in [0.4, 0.5) is 0 Å². The predicted molar refractivity (Wildman–Crippen MR) is 94.3 cm³/mol. The average Bonchev–Trinajstić information content (AvgIpc) is 2.79. The first-order valence-corrected chi connectivity index (χ1v) is 8.87. The molecule has 24 heavy (non-hydrogen) atoms. The Bertz CT molecular complexity index is 565. The number of guanidine groups is 1. The van der Waals surface area contributed by atoms with Gasteiger partial charge in [0.15, 0.2) is 11.5 Å². The van der Waals surface area contributed by atoms with Gasteiger partial charge in [-0.1, -0.05) is 56.4 Å². The van der Waals surface area contributed by atoms with Crippen molar-refractivity contribution in [1.82, 2.24) is 4.90 Å². The molecule has 1 fully saturated rings. The maximum Gasteiger partial charge on any atom is 0.259 e. The quantitative estimate of drug-likeness (QED) is 0.794. The smallest absolute Gasteiger partial charge is 0.259 e. The van der Waals surface area contributed by atoms with Crippen LogP contribution in [0.15, 0.2) is 29.3 Å². The zero-order chi connectivity index (χ0) is 17.2. The molecule has 0 saturated heterocycles. The van der Waals surface area contributed by atoms with E-state index in [0.29, 0.717) is 12.3 Å². The molecular weight excluding hydrogens is 304 g/mol. The van der Waals surface area contributed by atoms with Crippen LogP contribution in [0.25, 0.3) is 0 Å². The fourth-order valence-corrected chi connectivity index (χ4v) is 3.92. The van der Waals surface area contributed by atoms with Crippen molar-refractivity contribution in [3.63, 3.8) is 0 Å². The Balaban J connectivity index is 1.74. The third-order valence-corrected chi connectivity index (χ3v) is 5.37. The Kier molecular flexibility index (Phi) is 5.06. The Morgan fingerprint density at radius 2 is 2.00 bits per heavy atom. The first kappa shape index (κ1) is 17.2. The molecule has 1 amide bonds. The number of carbonyl (C=O) groups excluding carboxylic acids is 1. The lowest BCUT2D eigenvalue weighted by Crippen LogP contribution is -2.48. The number of hydrogen-bond donors (Lipinski definition) is 2. The van der Waals surface area contributed by atoms with Gasteiger partial charge >= 0.3 is 0 Å². The van der Waals surface area contributed by atoms with Crippen LogP contribution in [0, 0.1) is 5.92 Å². The highest BCUT2D eigenvalue weighted by atomic mass is 16.5. The number of nitrogens with zero attached hydrogens (tertiary/aromatic N) is 2. The summed E-state index contributed by atoms with van der Waals surface area (Å²) in [5, 5.41) is 0. The normalized spacial score (nSPS) is 34.0. The molecule has 0 bridgehead atoms. The first-order valence-electron chi connectivity index (χ1n) is 8.87. The topological polar surface area (TPSA) is 93.9 Å². The summed E-state index contributed by atoms with van der Waals surface area (Å²) in [6, 6.07) is -0.197. The third-order valence-electron chi connectivity index (χ3n) is 5.37. The summed E-state index contributed by atoms with van der Waals surface area (Å²) in [6.45, 7) is 0.226. The summed E-state index contributed by atoms with van der Waals surface area (Å²) in [6.07, 6.45) is 14.2. The largest absolute Gasteiger partial charge is 0.369 e. The maximum absolute atomic E-state index is 12.9. The van der Waals surface area contributed by atoms with Crippen molar-refractivity contribution in [1.29, 1.82) is 0 Å². The van der Waals surface area contributed by atoms with Crippen LogP contribution in [0.5, 0.6) is 0 Å². The van der Waals surface area contributed by atoms with Crippen molar-refractivity contribution in [3.8, 4) is 0 Å². The van der Waals surface area contributed by atoms with Gasteiger partial charge in [-0.15, -0.1) is 0 Å². The maximum atomic E-state index is 12.9. The number of allylic oxidation sites excluding steroid dienone is 2. The van der Waals surface area contributed by atoms with E-state index in [2.05, 4.69) is 4.99 Å². The molecule has 0 spiro atoms. The van der Waals surface area contributed by atoms with Gasteiger partial charge in [-0.3, -0.25) is 9.69 Å². The Labute approximate surface area is 143 Å². The minimum atomic E-state index is -0.893. The number of aliphatic imine (C=N–C) groups is 1. The fourth-order valence-electron chi connectivity index (χ4n) is 3.92. The summed E-state index contributed by atoms with van der Waals surface area (Å²) in [5.41, 5.74) is 11.1. The molecule has 0 aromatic heterocycles. The molecule has 2 aliphatic carbocycles. The number of carbonyl (C=O) groups is 1. The van der Waals surface area contributed by atoms with Crippen molar-refractivity contribution >= 4 is 11.9 Å². The number of amides is 1. The number of hydrogen-bond acceptors (Lipinski definition) is 5. The molecule has 1 heterocycles. The van der Waals surface area contributed by atoms with Crippen LogP contribution >= 0.6 is 0 Å². The van der Waals surface area contributed by atoms with Crippen molar-refractivity contribution in [2.24, 2.45) is 22.4 Å². The van der Waals surface area contributed by atoms with Crippen LogP contribution in [0.2, 0.25) is 0 Å². The third kappa shape index (κ3) is 3.39. The molecule has 3 aliphatic rings. The highest BCUT2D eigenvalue weighted by molar-refractivity contribution is 6.06. The first-order chi connectivity index (χ1) is 11.5. The van der Waals surface area contributed by atoms with Gasteiger partial charge in [0.2, 0.25) is 0 Å². The monoisotopic (exact) mass is 332 g/mol. The lowest BCUT2D eigenvalue weighted by molar-refractivity contribution is -0.134. The minimum absolute atomic E-state index is 0.0607. The molecule has 1 saturated carbocycles. The molecule has 6 nitrogen and oxygen atoms in total. The second kappa shape index (κ2) is 7.07. The van der Waals surface area contributed by atoms with Crippen LogP contribution < -0.4 is 11.5 Å². The lowest BCUT2D eigenvalue weighted by Gasteiger charge is -2.32. The summed E-state index contributed by atoms with van der Waals surface area (Å²) >= 11 is 0. The fraction of sp³-hybridized carbons (Fsp3) is 0.667. The van der Waals surface area contributed by atoms with E-state index < -0.39 is 5.54 Å². The van der Waals surface area contributed by atoms with Gasteiger partial charge in [0.05, 0.1) is 18.8 Å². The minimum Gasteiger partial charge on any atom is -0.369 e. The molecule has 0 aromatic rings. The summed E-state index contributed by atoms with van der Waals surface area (Å²) in [7, 11) is 1.68. The lowest BCUT2D eigenvalue weighted by atomic mass is 9.79. The predicted octanol–water partition coefficient (Wildman–Crippen LogP) is 1.32. The van der Waals surface area contributed by atoms with Crippen LogP contribution in [0.3, 0.4) is 0 Å². The van der Waals surface area contributed by atoms with Gasteiger partial charge < -0.3 is 16.2 Å². The standard InChI is InChI=1S/C18H28N4O2/c1-22-16(23)18(21-17(22)20,11-13-7-3-2-4-8-13)12-24-15-10-6-5-9-14(15)19/h5-6,9-10,13-15H,2-4,7-8,11-12,19H2,1H3,(H2,20,21). The van der Waals surface area contributed by atoms with E-state index >= 15 is 0 Å². The molecule has 3 atom stereocenters. The average molecular weight is 332 g/mol. The Hall–Kier alpha value is -1.66. The van der Waals surface area contributed by atoms with Gasteiger partial charge in [0.25, 0.3) is 5.91 Å². The van der Waals surface area contributed by atoms with Crippen LogP contribution in [-0.2, 0) is 9.53 Å². The van der Waals surface area contributed by atoms with Crippen molar-refractivity contribution in [2.45, 2.75) is 56.2 Å². The number of nitrogens with two attached hydrogens (primary N) is 2. The second-order valence-corrected chi connectivity index (χ2v) is 7.20. The molecule has 6 heteroatoms. The SMILES string of the molecule is CN1C(=O)C(COC2C=CC=CC2N)(CC2CCCCC2)N=C1N. The van der Waals surface area contributed by atoms with Gasteiger partial charge in [0.1, 0.15) is 0 Å². The van der Waals surface area contributed by atoms with E-state index in [1.54, 1.807) is 7.05 Å². The van der Waals surface area contributed by atoms with Gasteiger partial charge in [-0.25, -0.2) is 4.99 Å². The highest BCUT2D eigenvalue weighted by Gasteiger charge is 2.48. The van der Waals surface area contributed by atoms with E-state index in [1.165, 1.54) is 24.2 Å². The van der Waals surface area contributed by atoms with Gasteiger partial charge in [-0.05, 0) is 12.3 Å². The Morgan fingerprint density at radius 3 is 2.62 bits per heavy atom. The van der Waals surface area contributed by atoms with E-state index in [9.17, 15) is 4.79 Å². The summed E-state index contributed by atoms with van der Waals surface area (Å²) in [5.74, 6) is 0.724. The zero-order valence-corrected chi connectivity index (χ0v) is 14.4. The van der Waals surface area contributed by atoms with Gasteiger partial charge in [-0.2, -0.15) is 0 Å². The van der Waals surface area contributed by atoms with Gasteiger partial charge in [0, 0.05) is 7.05 Å². The highest BCUT2D eigenvalue weighted by Crippen LogP contribution is 2.36. The molecule has 132 valence electrons. The number of rotatable bonds is 5. The van der Waals surface area contributed by atoms with Crippen molar-refractivity contribution in [2.75, 3.05) is 13.7 Å². The van der Waals surface area contributed by atoms with Crippen molar-refractivity contribution < 1.29 is 9.53 Å². The molecule has 3 rings (SSSR count).